The van der Waals surface area contributed by atoms with Crippen molar-refractivity contribution in [2.75, 3.05) is 13.1 Å². The highest BCUT2D eigenvalue weighted by atomic mass is 35.5. The molecule has 3 aliphatic rings. The Morgan fingerprint density at radius 1 is 0.875 bits per heavy atom. The number of hydrogen-bond donors (Lipinski definition) is 1. The van der Waals surface area contributed by atoms with Gasteiger partial charge in [0.25, 0.3) is 5.91 Å². The molecule has 2 fully saturated rings. The van der Waals surface area contributed by atoms with Gasteiger partial charge in [0.05, 0.1) is 6.54 Å². The lowest BCUT2D eigenvalue weighted by molar-refractivity contribution is -0.136. The average Bonchev–Trinajstić information content (AvgIpc) is 3.44. The monoisotopic (exact) mass is 560 g/mol. The second kappa shape index (κ2) is 10.4. The lowest BCUT2D eigenvalue weighted by atomic mass is 9.99. The zero-order valence-corrected chi connectivity index (χ0v) is 22.3. The van der Waals surface area contributed by atoms with Crippen molar-refractivity contribution in [2.24, 2.45) is 0 Å². The predicted octanol–water partition coefficient (Wildman–Crippen LogP) is 4.34. The molecule has 3 heterocycles. The quantitative estimate of drug-likeness (QED) is 0.454. The maximum absolute atomic E-state index is 15.2. The van der Waals surface area contributed by atoms with Crippen LogP contribution >= 0.6 is 11.6 Å². The van der Waals surface area contributed by atoms with Crippen molar-refractivity contribution in [2.45, 2.75) is 38.5 Å². The number of nitrogens with one attached hydrogen (secondary N) is 1. The number of halogens is 2. The summed E-state index contributed by atoms with van der Waals surface area (Å²) in [6, 6.07) is 17.3. The van der Waals surface area contributed by atoms with Gasteiger partial charge in [-0.05, 0) is 52.9 Å². The molecule has 0 radical (unpaired) electrons. The lowest BCUT2D eigenvalue weighted by Crippen LogP contribution is -2.52. The number of fused-ring (bicyclic) bond motifs is 1. The lowest BCUT2D eigenvalue weighted by Gasteiger charge is -2.29. The molecule has 0 aromatic heterocycles. The molecule has 40 heavy (non-hydrogen) atoms. The van der Waals surface area contributed by atoms with E-state index in [4.69, 9.17) is 11.6 Å². The van der Waals surface area contributed by atoms with Gasteiger partial charge in [-0.25, -0.2) is 9.18 Å². The van der Waals surface area contributed by atoms with Crippen LogP contribution < -0.4 is 5.32 Å². The van der Waals surface area contributed by atoms with Gasteiger partial charge in [0.15, 0.2) is 0 Å². The van der Waals surface area contributed by atoms with E-state index in [0.717, 1.165) is 16.7 Å². The molecule has 1 unspecified atom stereocenters. The summed E-state index contributed by atoms with van der Waals surface area (Å²) in [5.41, 5.74) is 4.14. The molecule has 3 aromatic rings. The van der Waals surface area contributed by atoms with Crippen molar-refractivity contribution in [1.82, 2.24) is 20.0 Å². The van der Waals surface area contributed by atoms with Crippen LogP contribution in [0.2, 0.25) is 5.02 Å². The Balaban J connectivity index is 1.16. The number of nitrogens with zero attached hydrogens (tertiary/aromatic N) is 3. The fourth-order valence-corrected chi connectivity index (χ4v) is 5.79. The largest absolute Gasteiger partial charge is 0.322 e. The molecule has 0 saturated carbocycles. The fraction of sp³-hybridized carbons (Fsp3) is 0.267. The van der Waals surface area contributed by atoms with E-state index in [1.807, 2.05) is 48.5 Å². The fourth-order valence-electron chi connectivity index (χ4n) is 5.67. The highest BCUT2D eigenvalue weighted by Gasteiger charge is 2.40. The molecule has 8 nitrogen and oxygen atoms in total. The van der Waals surface area contributed by atoms with Crippen LogP contribution in [0.1, 0.15) is 39.9 Å². The molecule has 0 bridgehead atoms. The molecule has 1 N–H and O–H groups in total. The predicted molar refractivity (Wildman–Crippen MR) is 146 cm³/mol. The first-order valence-corrected chi connectivity index (χ1v) is 13.5. The van der Waals surface area contributed by atoms with Gasteiger partial charge >= 0.3 is 6.03 Å². The Kier molecular flexibility index (Phi) is 6.75. The molecule has 0 spiro atoms. The van der Waals surface area contributed by atoms with E-state index in [1.54, 1.807) is 15.9 Å². The summed E-state index contributed by atoms with van der Waals surface area (Å²) >= 11 is 6.05. The SMILES string of the molecule is O=C1CCC(N2Cc3cc(CN4CCN(Cc5ccccc5-c5ccc(Cl)cc5)C4=O)c(F)cc3C2=O)C(=O)N1. The second-order valence-corrected chi connectivity index (χ2v) is 10.7. The molecule has 204 valence electrons. The molecule has 3 aliphatic heterocycles. The second-order valence-electron chi connectivity index (χ2n) is 10.3. The highest BCUT2D eigenvalue weighted by molar-refractivity contribution is 6.30. The summed E-state index contributed by atoms with van der Waals surface area (Å²) in [6.07, 6.45) is 0.382. The van der Waals surface area contributed by atoms with Crippen molar-refractivity contribution >= 4 is 35.4 Å². The Hall–Kier alpha value is -4.24. The molecule has 10 heteroatoms. The molecule has 1 atom stereocenters. The van der Waals surface area contributed by atoms with Crippen LogP contribution in [0.15, 0.2) is 60.7 Å². The first kappa shape index (κ1) is 26.0. The smallest absolute Gasteiger partial charge is 0.320 e. The summed E-state index contributed by atoms with van der Waals surface area (Å²) in [7, 11) is 0. The molecule has 2 saturated heterocycles. The van der Waals surface area contributed by atoms with Crippen LogP contribution in [0.5, 0.6) is 0 Å². The maximum atomic E-state index is 15.2. The zero-order valence-electron chi connectivity index (χ0n) is 21.5. The number of imide groups is 1. The van der Waals surface area contributed by atoms with Gasteiger partial charge in [-0.3, -0.25) is 19.7 Å². The van der Waals surface area contributed by atoms with Gasteiger partial charge in [0.1, 0.15) is 11.9 Å². The van der Waals surface area contributed by atoms with Crippen LogP contribution in [0.25, 0.3) is 11.1 Å². The molecule has 0 aliphatic carbocycles. The van der Waals surface area contributed by atoms with Crippen molar-refractivity contribution in [3.05, 3.63) is 93.8 Å². The third-order valence-electron chi connectivity index (χ3n) is 7.77. The van der Waals surface area contributed by atoms with E-state index in [1.165, 1.54) is 11.0 Å². The minimum absolute atomic E-state index is 0.0693. The van der Waals surface area contributed by atoms with Crippen LogP contribution in [-0.2, 0) is 29.2 Å². The third-order valence-corrected chi connectivity index (χ3v) is 8.02. The van der Waals surface area contributed by atoms with Crippen molar-refractivity contribution in [3.63, 3.8) is 0 Å². The van der Waals surface area contributed by atoms with Crippen LogP contribution in [0, 0.1) is 5.82 Å². The normalized spacial score (nSPS) is 18.9. The van der Waals surface area contributed by atoms with Crippen LogP contribution in [0.4, 0.5) is 9.18 Å². The van der Waals surface area contributed by atoms with Gasteiger partial charge in [-0.1, -0.05) is 48.0 Å². The van der Waals surface area contributed by atoms with E-state index in [0.29, 0.717) is 35.8 Å². The number of benzene rings is 3. The molecular weight excluding hydrogens is 535 g/mol. The number of rotatable bonds is 6. The minimum atomic E-state index is -0.770. The number of piperidine rings is 1. The molecular formula is C30H26ClFN4O4. The van der Waals surface area contributed by atoms with E-state index in [2.05, 4.69) is 5.32 Å². The Bertz CT molecular complexity index is 1540. The summed E-state index contributed by atoms with van der Waals surface area (Å²) in [5.74, 6) is -1.88. The summed E-state index contributed by atoms with van der Waals surface area (Å²) in [4.78, 5) is 54.8. The van der Waals surface area contributed by atoms with Gasteiger partial charge in [-0.15, -0.1) is 0 Å². The third kappa shape index (κ3) is 4.81. The summed E-state index contributed by atoms with van der Waals surface area (Å²) in [6.45, 7) is 1.58. The number of carbonyl (C=O) groups excluding carboxylic acids is 4. The highest BCUT2D eigenvalue weighted by Crippen LogP contribution is 2.31. The van der Waals surface area contributed by atoms with E-state index in [-0.39, 0.29) is 43.4 Å². The Labute approximate surface area is 235 Å². The molecule has 5 amide bonds. The van der Waals surface area contributed by atoms with Gasteiger partial charge in [-0.2, -0.15) is 0 Å². The summed E-state index contributed by atoms with van der Waals surface area (Å²) < 4.78 is 15.2. The first-order chi connectivity index (χ1) is 19.3. The van der Waals surface area contributed by atoms with Gasteiger partial charge in [0.2, 0.25) is 11.8 Å². The summed E-state index contributed by atoms with van der Waals surface area (Å²) in [5, 5.41) is 2.92. The number of carbonyl (C=O) groups is 4. The zero-order chi connectivity index (χ0) is 28.0. The number of amides is 5. The number of urea groups is 1. The van der Waals surface area contributed by atoms with Crippen molar-refractivity contribution in [3.8, 4) is 11.1 Å². The standard InChI is InChI=1S/C30H26ClFN4O4/c31-22-7-5-18(6-8-22)23-4-2-1-3-19(23)15-34-11-12-35(30(34)40)16-21-13-20-17-36(29(39)24(20)14-25(21)32)26-9-10-27(37)33-28(26)38/h1-8,13-14,26H,9-12,15-17H2,(H,33,37,38). The van der Waals surface area contributed by atoms with Crippen molar-refractivity contribution < 1.29 is 23.6 Å². The van der Waals surface area contributed by atoms with Gasteiger partial charge in [0, 0.05) is 48.7 Å². The van der Waals surface area contributed by atoms with Crippen molar-refractivity contribution in [1.29, 1.82) is 0 Å². The topological polar surface area (TPSA) is 90.0 Å². The van der Waals surface area contributed by atoms with E-state index in [9.17, 15) is 19.2 Å². The average molecular weight is 561 g/mol. The minimum Gasteiger partial charge on any atom is -0.322 e. The number of hydrogen-bond acceptors (Lipinski definition) is 4. The van der Waals surface area contributed by atoms with E-state index >= 15 is 4.39 Å². The van der Waals surface area contributed by atoms with Gasteiger partial charge < -0.3 is 14.7 Å². The Morgan fingerprint density at radius 3 is 2.30 bits per heavy atom. The van der Waals surface area contributed by atoms with E-state index < -0.39 is 23.7 Å². The Morgan fingerprint density at radius 2 is 1.57 bits per heavy atom. The molecule has 3 aromatic carbocycles. The van der Waals surface area contributed by atoms with Crippen LogP contribution in [0.3, 0.4) is 0 Å². The maximum Gasteiger partial charge on any atom is 0.320 e. The molecule has 6 rings (SSSR count). The first-order valence-electron chi connectivity index (χ1n) is 13.1. The van der Waals surface area contributed by atoms with Crippen LogP contribution in [-0.4, -0.2) is 57.6 Å².